The van der Waals surface area contributed by atoms with Crippen molar-refractivity contribution in [2.75, 3.05) is 39.8 Å². The Hall–Kier alpha value is -1.44. The Bertz CT molecular complexity index is 621. The number of aromatic nitrogens is 2. The SMILES string of the molecule is CCn1cc(CN2CC3(C2)CN(CC2CC2)C(C(=O)NC)CO3)cn1. The van der Waals surface area contributed by atoms with Crippen LogP contribution < -0.4 is 5.32 Å². The van der Waals surface area contributed by atoms with E-state index in [0.717, 1.165) is 45.2 Å². The highest BCUT2D eigenvalue weighted by Gasteiger charge is 2.50. The van der Waals surface area contributed by atoms with Crippen molar-refractivity contribution < 1.29 is 9.53 Å². The van der Waals surface area contributed by atoms with E-state index in [-0.39, 0.29) is 17.6 Å². The molecule has 1 aromatic rings. The third-order valence-corrected chi connectivity index (χ3v) is 5.66. The van der Waals surface area contributed by atoms with Gasteiger partial charge in [0.05, 0.1) is 12.8 Å². The third kappa shape index (κ3) is 3.59. The Kier molecular flexibility index (Phi) is 4.56. The number of amides is 1. The molecule has 3 fully saturated rings. The van der Waals surface area contributed by atoms with Gasteiger partial charge in [-0.3, -0.25) is 19.3 Å². The van der Waals surface area contributed by atoms with Crippen LogP contribution in [0.25, 0.3) is 0 Å². The summed E-state index contributed by atoms with van der Waals surface area (Å²) in [5, 5.41) is 7.14. The summed E-state index contributed by atoms with van der Waals surface area (Å²) in [6.07, 6.45) is 6.68. The number of hydrogen-bond acceptors (Lipinski definition) is 5. The van der Waals surface area contributed by atoms with E-state index in [1.54, 1.807) is 7.05 Å². The van der Waals surface area contributed by atoms with Gasteiger partial charge in [0.25, 0.3) is 0 Å². The molecule has 4 rings (SSSR count). The van der Waals surface area contributed by atoms with E-state index in [1.807, 2.05) is 10.9 Å². The van der Waals surface area contributed by atoms with Crippen LogP contribution in [0, 0.1) is 5.92 Å². The third-order valence-electron chi connectivity index (χ3n) is 5.66. The first-order valence-corrected chi connectivity index (χ1v) is 9.44. The highest BCUT2D eigenvalue weighted by molar-refractivity contribution is 5.81. The van der Waals surface area contributed by atoms with Crippen LogP contribution in [-0.4, -0.2) is 77.0 Å². The number of likely N-dealkylation sites (N-methyl/N-ethyl adjacent to an activating group) is 1. The highest BCUT2D eigenvalue weighted by Crippen LogP contribution is 2.36. The lowest BCUT2D eigenvalue weighted by molar-refractivity contribution is -0.203. The molecule has 2 saturated heterocycles. The van der Waals surface area contributed by atoms with Crippen molar-refractivity contribution in [3.8, 4) is 0 Å². The molecule has 1 saturated carbocycles. The molecular formula is C18H29N5O2. The molecule has 1 atom stereocenters. The van der Waals surface area contributed by atoms with Gasteiger partial charge in [0.1, 0.15) is 11.6 Å². The van der Waals surface area contributed by atoms with Crippen molar-refractivity contribution in [3.05, 3.63) is 18.0 Å². The average molecular weight is 347 g/mol. The molecule has 7 nitrogen and oxygen atoms in total. The molecule has 1 aromatic heterocycles. The quantitative estimate of drug-likeness (QED) is 0.803. The molecule has 3 aliphatic rings. The van der Waals surface area contributed by atoms with Gasteiger partial charge in [-0.05, 0) is 25.7 Å². The number of nitrogens with one attached hydrogen (secondary N) is 1. The van der Waals surface area contributed by atoms with E-state index in [1.165, 1.54) is 18.4 Å². The number of aryl methyl sites for hydroxylation is 1. The molecule has 2 aliphatic heterocycles. The lowest BCUT2D eigenvalue weighted by Crippen LogP contribution is -2.72. The van der Waals surface area contributed by atoms with Gasteiger partial charge in [0.15, 0.2) is 0 Å². The molecule has 0 bridgehead atoms. The van der Waals surface area contributed by atoms with Crippen LogP contribution in [-0.2, 0) is 22.6 Å². The molecule has 7 heteroatoms. The monoisotopic (exact) mass is 347 g/mol. The molecule has 1 N–H and O–H groups in total. The minimum Gasteiger partial charge on any atom is -0.369 e. The van der Waals surface area contributed by atoms with Gasteiger partial charge in [0.2, 0.25) is 5.91 Å². The van der Waals surface area contributed by atoms with Crippen LogP contribution >= 0.6 is 0 Å². The van der Waals surface area contributed by atoms with Crippen molar-refractivity contribution >= 4 is 5.91 Å². The smallest absolute Gasteiger partial charge is 0.239 e. The lowest BCUT2D eigenvalue weighted by atomic mass is 9.90. The minimum atomic E-state index is -0.131. The second kappa shape index (κ2) is 6.70. The van der Waals surface area contributed by atoms with Crippen molar-refractivity contribution in [2.24, 2.45) is 5.92 Å². The first-order chi connectivity index (χ1) is 12.1. The maximum atomic E-state index is 12.2. The molecule has 0 aromatic carbocycles. The first-order valence-electron chi connectivity index (χ1n) is 9.44. The zero-order chi connectivity index (χ0) is 17.4. The number of hydrogen-bond donors (Lipinski definition) is 1. The Morgan fingerprint density at radius 2 is 2.20 bits per heavy atom. The molecular weight excluding hydrogens is 318 g/mol. The number of rotatable bonds is 6. The van der Waals surface area contributed by atoms with E-state index >= 15 is 0 Å². The molecule has 1 unspecified atom stereocenters. The van der Waals surface area contributed by atoms with Gasteiger partial charge in [-0.2, -0.15) is 5.10 Å². The Morgan fingerprint density at radius 1 is 1.40 bits per heavy atom. The maximum absolute atomic E-state index is 12.2. The van der Waals surface area contributed by atoms with Gasteiger partial charge in [-0.1, -0.05) is 0 Å². The predicted molar refractivity (Wildman–Crippen MR) is 94.0 cm³/mol. The van der Waals surface area contributed by atoms with Crippen LogP contribution in [0.1, 0.15) is 25.3 Å². The van der Waals surface area contributed by atoms with Crippen LogP contribution in [0.4, 0.5) is 0 Å². The Labute approximate surface area is 149 Å². The number of morpholine rings is 1. The fraction of sp³-hybridized carbons (Fsp3) is 0.778. The van der Waals surface area contributed by atoms with Gasteiger partial charge in [0, 0.05) is 58.1 Å². The second-order valence-electron chi connectivity index (χ2n) is 7.85. The van der Waals surface area contributed by atoms with Crippen molar-refractivity contribution in [1.82, 2.24) is 24.9 Å². The molecule has 1 amide bonds. The Morgan fingerprint density at radius 3 is 2.84 bits per heavy atom. The van der Waals surface area contributed by atoms with Crippen LogP contribution in [0.2, 0.25) is 0 Å². The molecule has 1 aliphatic carbocycles. The zero-order valence-electron chi connectivity index (χ0n) is 15.3. The van der Waals surface area contributed by atoms with Crippen LogP contribution in [0.15, 0.2) is 12.4 Å². The number of likely N-dealkylation sites (tertiary alicyclic amines) is 1. The fourth-order valence-electron chi connectivity index (χ4n) is 4.11. The average Bonchev–Trinajstić information content (AvgIpc) is 3.28. The fourth-order valence-corrected chi connectivity index (χ4v) is 4.11. The second-order valence-corrected chi connectivity index (χ2v) is 7.85. The summed E-state index contributed by atoms with van der Waals surface area (Å²) in [6.45, 7) is 8.21. The topological polar surface area (TPSA) is 62.6 Å². The summed E-state index contributed by atoms with van der Waals surface area (Å²) < 4.78 is 8.16. The molecule has 1 spiro atoms. The Balaban J connectivity index is 1.34. The highest BCUT2D eigenvalue weighted by atomic mass is 16.5. The van der Waals surface area contributed by atoms with Crippen molar-refractivity contribution in [1.29, 1.82) is 0 Å². The summed E-state index contributed by atoms with van der Waals surface area (Å²) >= 11 is 0. The lowest BCUT2D eigenvalue weighted by Gasteiger charge is -2.55. The van der Waals surface area contributed by atoms with E-state index < -0.39 is 0 Å². The van der Waals surface area contributed by atoms with Gasteiger partial charge >= 0.3 is 0 Å². The standard InChI is InChI=1S/C18H29N5O2/c1-3-23-9-15(6-20-23)7-21-11-18(12-21)13-22(8-14-4-5-14)16(10-25-18)17(24)19-2/h6,9,14,16H,3-5,7-8,10-13H2,1-2H3,(H,19,24). The molecule has 0 radical (unpaired) electrons. The zero-order valence-corrected chi connectivity index (χ0v) is 15.3. The van der Waals surface area contributed by atoms with Crippen LogP contribution in [0.5, 0.6) is 0 Å². The first kappa shape index (κ1) is 17.0. The van der Waals surface area contributed by atoms with Gasteiger partial charge in [-0.25, -0.2) is 0 Å². The summed E-state index contributed by atoms with van der Waals surface area (Å²) in [5.74, 6) is 0.858. The summed E-state index contributed by atoms with van der Waals surface area (Å²) in [6, 6.07) is -0.131. The number of carbonyl (C=O) groups excluding carboxylic acids is 1. The summed E-state index contributed by atoms with van der Waals surface area (Å²) in [4.78, 5) is 17.0. The van der Waals surface area contributed by atoms with Crippen molar-refractivity contribution in [3.63, 3.8) is 0 Å². The normalized spacial score (nSPS) is 26.6. The molecule has 25 heavy (non-hydrogen) atoms. The maximum Gasteiger partial charge on any atom is 0.239 e. The number of nitrogens with zero attached hydrogens (tertiary/aromatic N) is 4. The number of ether oxygens (including phenoxy) is 1. The largest absolute Gasteiger partial charge is 0.369 e. The molecule has 138 valence electrons. The summed E-state index contributed by atoms with van der Waals surface area (Å²) in [5.41, 5.74) is 1.16. The van der Waals surface area contributed by atoms with E-state index in [0.29, 0.717) is 6.61 Å². The van der Waals surface area contributed by atoms with Gasteiger partial charge < -0.3 is 10.1 Å². The number of carbonyl (C=O) groups is 1. The molecule has 3 heterocycles. The van der Waals surface area contributed by atoms with E-state index in [2.05, 4.69) is 33.3 Å². The van der Waals surface area contributed by atoms with E-state index in [9.17, 15) is 4.79 Å². The van der Waals surface area contributed by atoms with Crippen LogP contribution in [0.3, 0.4) is 0 Å². The summed E-state index contributed by atoms with van der Waals surface area (Å²) in [7, 11) is 1.71. The predicted octanol–water partition coefficient (Wildman–Crippen LogP) is 0.314. The van der Waals surface area contributed by atoms with E-state index in [4.69, 9.17) is 4.74 Å². The van der Waals surface area contributed by atoms with Gasteiger partial charge in [-0.15, -0.1) is 0 Å². The van der Waals surface area contributed by atoms with Crippen molar-refractivity contribution in [2.45, 2.75) is 44.5 Å². The minimum absolute atomic E-state index is 0.0821.